The summed E-state index contributed by atoms with van der Waals surface area (Å²) in [5.74, 6) is 2.31. The highest BCUT2D eigenvalue weighted by Gasteiger charge is 2.23. The molecule has 0 aromatic carbocycles. The first-order valence-electron chi connectivity index (χ1n) is 6.55. The molecule has 2 aromatic rings. The van der Waals surface area contributed by atoms with Crippen molar-refractivity contribution in [3.8, 4) is 11.7 Å². The molecule has 19 heavy (non-hydrogen) atoms. The fourth-order valence-electron chi connectivity index (χ4n) is 2.66. The zero-order valence-corrected chi connectivity index (χ0v) is 11.0. The number of rotatable bonds is 3. The lowest BCUT2D eigenvalue weighted by molar-refractivity contribution is 0.153. The molecule has 2 aromatic heterocycles. The lowest BCUT2D eigenvalue weighted by atomic mass is 9.97. The van der Waals surface area contributed by atoms with Gasteiger partial charge in [0.2, 0.25) is 0 Å². The maximum atomic E-state index is 6.03. The van der Waals surface area contributed by atoms with E-state index in [1.165, 1.54) is 0 Å². The molecule has 0 saturated carbocycles. The lowest BCUT2D eigenvalue weighted by Gasteiger charge is -2.33. The Balaban J connectivity index is 1.67. The smallest absolute Gasteiger partial charge is 0.293 e. The monoisotopic (exact) mass is 262 g/mol. The van der Waals surface area contributed by atoms with E-state index in [9.17, 15) is 0 Å². The van der Waals surface area contributed by atoms with Crippen molar-refractivity contribution in [3.63, 3.8) is 0 Å². The Morgan fingerprint density at radius 3 is 3.11 bits per heavy atom. The first kappa shape index (κ1) is 12.4. The van der Waals surface area contributed by atoms with Crippen LogP contribution in [0.1, 0.15) is 19.2 Å². The molecule has 2 atom stereocenters. The number of piperidine rings is 1. The van der Waals surface area contributed by atoms with Gasteiger partial charge in [-0.3, -0.25) is 4.90 Å². The summed E-state index contributed by atoms with van der Waals surface area (Å²) >= 11 is 0. The molecule has 0 bridgehead atoms. The fraction of sp³-hybridized carbons (Fsp3) is 0.538. The third kappa shape index (κ3) is 2.85. The van der Waals surface area contributed by atoms with Gasteiger partial charge in [0.05, 0.1) is 12.8 Å². The van der Waals surface area contributed by atoms with Crippen LogP contribution in [0.2, 0.25) is 0 Å². The van der Waals surface area contributed by atoms with Crippen molar-refractivity contribution < 1.29 is 8.94 Å². The Hall–Kier alpha value is -1.66. The largest absolute Gasteiger partial charge is 0.459 e. The topological polar surface area (TPSA) is 81.3 Å². The van der Waals surface area contributed by atoms with Gasteiger partial charge in [0.1, 0.15) is 0 Å². The van der Waals surface area contributed by atoms with Crippen LogP contribution in [0, 0.1) is 5.92 Å². The summed E-state index contributed by atoms with van der Waals surface area (Å²) in [7, 11) is 0. The molecule has 1 saturated heterocycles. The summed E-state index contributed by atoms with van der Waals surface area (Å²) < 4.78 is 10.4. The van der Waals surface area contributed by atoms with Crippen LogP contribution >= 0.6 is 0 Å². The normalized spacial score (nSPS) is 24.7. The van der Waals surface area contributed by atoms with Crippen molar-refractivity contribution in [2.24, 2.45) is 11.7 Å². The average Bonchev–Trinajstić information content (AvgIpc) is 2.96. The first-order valence-corrected chi connectivity index (χ1v) is 6.55. The van der Waals surface area contributed by atoms with E-state index in [1.54, 1.807) is 18.4 Å². The fourth-order valence-corrected chi connectivity index (χ4v) is 2.66. The zero-order chi connectivity index (χ0) is 13.2. The molecule has 1 aliphatic heterocycles. The second-order valence-electron chi connectivity index (χ2n) is 5.29. The number of likely N-dealkylation sites (tertiary alicyclic amines) is 1. The van der Waals surface area contributed by atoms with Gasteiger partial charge in [-0.1, -0.05) is 12.1 Å². The van der Waals surface area contributed by atoms with Gasteiger partial charge in [-0.25, -0.2) is 0 Å². The number of hydrogen-bond donors (Lipinski definition) is 1. The minimum Gasteiger partial charge on any atom is -0.459 e. The van der Waals surface area contributed by atoms with Gasteiger partial charge in [-0.2, -0.15) is 4.98 Å². The van der Waals surface area contributed by atoms with Crippen molar-refractivity contribution in [1.29, 1.82) is 0 Å². The van der Waals surface area contributed by atoms with Crippen LogP contribution in [-0.4, -0.2) is 34.2 Å². The third-order valence-corrected chi connectivity index (χ3v) is 3.33. The number of nitrogens with two attached hydrogens (primary N) is 1. The Morgan fingerprint density at radius 1 is 1.47 bits per heavy atom. The first-order chi connectivity index (χ1) is 9.20. The molecule has 3 rings (SSSR count). The van der Waals surface area contributed by atoms with Gasteiger partial charge in [0.15, 0.2) is 11.6 Å². The molecule has 3 heterocycles. The molecule has 6 heteroatoms. The van der Waals surface area contributed by atoms with Crippen LogP contribution in [0.15, 0.2) is 27.3 Å². The van der Waals surface area contributed by atoms with Crippen LogP contribution in [-0.2, 0) is 6.54 Å². The van der Waals surface area contributed by atoms with Gasteiger partial charge < -0.3 is 14.7 Å². The second kappa shape index (κ2) is 5.14. The van der Waals surface area contributed by atoms with E-state index in [0.29, 0.717) is 29.9 Å². The van der Waals surface area contributed by atoms with E-state index >= 15 is 0 Å². The zero-order valence-electron chi connectivity index (χ0n) is 11.0. The van der Waals surface area contributed by atoms with E-state index in [-0.39, 0.29) is 6.04 Å². The van der Waals surface area contributed by atoms with Crippen molar-refractivity contribution in [2.75, 3.05) is 13.1 Å². The van der Waals surface area contributed by atoms with Crippen molar-refractivity contribution in [1.82, 2.24) is 15.0 Å². The maximum Gasteiger partial charge on any atom is 0.293 e. The Bertz CT molecular complexity index is 512. The second-order valence-corrected chi connectivity index (χ2v) is 5.29. The van der Waals surface area contributed by atoms with Crippen LogP contribution in [0.25, 0.3) is 11.7 Å². The summed E-state index contributed by atoms with van der Waals surface area (Å²) in [6.07, 6.45) is 2.67. The van der Waals surface area contributed by atoms with E-state index < -0.39 is 0 Å². The number of aromatic nitrogens is 2. The number of nitrogens with zero attached hydrogens (tertiary/aromatic N) is 3. The quantitative estimate of drug-likeness (QED) is 0.902. The lowest BCUT2D eigenvalue weighted by Crippen LogP contribution is -2.45. The third-order valence-electron chi connectivity index (χ3n) is 3.33. The summed E-state index contributed by atoms with van der Waals surface area (Å²) in [4.78, 5) is 6.62. The molecule has 2 unspecified atom stereocenters. The van der Waals surface area contributed by atoms with Gasteiger partial charge in [-0.05, 0) is 24.5 Å². The molecule has 0 spiro atoms. The van der Waals surface area contributed by atoms with Crippen LogP contribution in [0.4, 0.5) is 0 Å². The predicted octanol–water partition coefficient (Wildman–Crippen LogP) is 1.50. The van der Waals surface area contributed by atoms with Crippen LogP contribution < -0.4 is 5.73 Å². The van der Waals surface area contributed by atoms with Gasteiger partial charge >= 0.3 is 0 Å². The van der Waals surface area contributed by atoms with E-state index in [2.05, 4.69) is 22.0 Å². The minimum absolute atomic E-state index is 0.236. The van der Waals surface area contributed by atoms with E-state index in [4.69, 9.17) is 14.7 Å². The highest BCUT2D eigenvalue weighted by molar-refractivity contribution is 5.42. The molecule has 6 nitrogen and oxygen atoms in total. The van der Waals surface area contributed by atoms with Gasteiger partial charge in [-0.15, -0.1) is 0 Å². The summed E-state index contributed by atoms with van der Waals surface area (Å²) in [6, 6.07) is 3.83. The average molecular weight is 262 g/mol. The Morgan fingerprint density at radius 2 is 2.37 bits per heavy atom. The molecule has 0 amide bonds. The molecule has 1 aliphatic rings. The Kier molecular flexibility index (Phi) is 3.35. The van der Waals surface area contributed by atoms with Crippen LogP contribution in [0.5, 0.6) is 0 Å². The number of furan rings is 1. The summed E-state index contributed by atoms with van der Waals surface area (Å²) in [5, 5.41) is 3.99. The van der Waals surface area contributed by atoms with Gasteiger partial charge in [0, 0.05) is 19.1 Å². The van der Waals surface area contributed by atoms with Crippen molar-refractivity contribution in [3.05, 3.63) is 24.2 Å². The van der Waals surface area contributed by atoms with Crippen molar-refractivity contribution in [2.45, 2.75) is 25.9 Å². The predicted molar refractivity (Wildman–Crippen MR) is 69.0 cm³/mol. The molecule has 2 N–H and O–H groups in total. The standard InChI is InChI=1S/C13H18N4O2/c1-9-5-10(14)7-17(6-9)8-12-15-13(19-16-12)11-3-2-4-18-11/h2-4,9-10H,5-8,14H2,1H3. The minimum atomic E-state index is 0.236. The summed E-state index contributed by atoms with van der Waals surface area (Å²) in [6.45, 7) is 4.80. The van der Waals surface area contributed by atoms with Gasteiger partial charge in [0.25, 0.3) is 5.89 Å². The molecule has 0 aliphatic carbocycles. The SMILES string of the molecule is CC1CC(N)CN(Cc2noc(-c3ccco3)n2)C1. The Labute approximate surface area is 111 Å². The highest BCUT2D eigenvalue weighted by atomic mass is 16.5. The molecular weight excluding hydrogens is 244 g/mol. The highest BCUT2D eigenvalue weighted by Crippen LogP contribution is 2.19. The molecule has 0 radical (unpaired) electrons. The molecule has 1 fully saturated rings. The van der Waals surface area contributed by atoms with Crippen molar-refractivity contribution >= 4 is 0 Å². The van der Waals surface area contributed by atoms with E-state index in [1.807, 2.05) is 0 Å². The van der Waals surface area contributed by atoms with Crippen LogP contribution in [0.3, 0.4) is 0 Å². The maximum absolute atomic E-state index is 6.03. The number of hydrogen-bond acceptors (Lipinski definition) is 6. The summed E-state index contributed by atoms with van der Waals surface area (Å²) in [5.41, 5.74) is 6.03. The van der Waals surface area contributed by atoms with E-state index in [0.717, 1.165) is 19.5 Å². The molecular formula is C13H18N4O2. The molecule has 102 valence electrons.